The second-order valence-electron chi connectivity index (χ2n) is 6.04. The lowest BCUT2D eigenvalue weighted by molar-refractivity contribution is -0.121. The summed E-state index contributed by atoms with van der Waals surface area (Å²) >= 11 is 0. The molecule has 0 saturated carbocycles. The Morgan fingerprint density at radius 3 is 2.08 bits per heavy atom. The summed E-state index contributed by atoms with van der Waals surface area (Å²) < 4.78 is 27.5. The van der Waals surface area contributed by atoms with Crippen molar-refractivity contribution in [1.82, 2.24) is 9.62 Å². The van der Waals surface area contributed by atoms with E-state index in [9.17, 15) is 18.0 Å². The van der Waals surface area contributed by atoms with Crippen molar-refractivity contribution in [2.24, 2.45) is 0 Å². The number of amides is 2. The highest BCUT2D eigenvalue weighted by atomic mass is 32.2. The Balaban J connectivity index is 2.07. The molecule has 1 unspecified atom stereocenters. The predicted octanol–water partition coefficient (Wildman–Crippen LogP) is 1.35. The maximum Gasteiger partial charge on any atom is 0.240 e. The van der Waals surface area contributed by atoms with Gasteiger partial charge in [0, 0.05) is 25.4 Å². The molecule has 1 N–H and O–H groups in total. The molecule has 1 atom stereocenters. The summed E-state index contributed by atoms with van der Waals surface area (Å²) in [6.07, 6.45) is 0.396. The molecule has 0 bridgehead atoms. The van der Waals surface area contributed by atoms with Crippen LogP contribution in [0.4, 0.5) is 5.69 Å². The lowest BCUT2D eigenvalue weighted by Gasteiger charge is -2.26. The van der Waals surface area contributed by atoms with Gasteiger partial charge in [-0.1, -0.05) is 13.8 Å². The molecule has 25 heavy (non-hydrogen) atoms. The largest absolute Gasteiger partial charge is 0.300 e. The third kappa shape index (κ3) is 4.45. The Morgan fingerprint density at radius 1 is 1.08 bits per heavy atom. The van der Waals surface area contributed by atoms with E-state index < -0.39 is 10.0 Å². The Morgan fingerprint density at radius 2 is 1.60 bits per heavy atom. The van der Waals surface area contributed by atoms with Crippen LogP contribution in [0.2, 0.25) is 0 Å². The van der Waals surface area contributed by atoms with E-state index in [1.54, 1.807) is 0 Å². The maximum absolute atomic E-state index is 12.4. The lowest BCUT2D eigenvalue weighted by atomic mass is 10.3. The second kappa shape index (κ2) is 8.07. The number of imide groups is 1. The number of likely N-dealkylation sites (N-methyl/N-ethyl adjacent to an activating group) is 1. The summed E-state index contributed by atoms with van der Waals surface area (Å²) in [6.45, 7) is 8.07. The number of carbonyl (C=O) groups is 2. The molecule has 1 aromatic rings. The van der Waals surface area contributed by atoms with Crippen LogP contribution >= 0.6 is 0 Å². The molecule has 1 aliphatic heterocycles. The first-order valence-electron chi connectivity index (χ1n) is 8.49. The SMILES string of the molecule is CCN(CC)C(C)CNS(=O)(=O)c1ccc(N2C(=O)CCC2=O)cc1. The van der Waals surface area contributed by atoms with Crippen LogP contribution in [0, 0.1) is 0 Å². The zero-order valence-electron chi connectivity index (χ0n) is 14.9. The highest BCUT2D eigenvalue weighted by molar-refractivity contribution is 7.89. The highest BCUT2D eigenvalue weighted by Gasteiger charge is 2.30. The fourth-order valence-corrected chi connectivity index (χ4v) is 4.05. The van der Waals surface area contributed by atoms with Crippen LogP contribution in [0.15, 0.2) is 29.2 Å². The number of nitrogens with zero attached hydrogens (tertiary/aromatic N) is 2. The first kappa shape index (κ1) is 19.6. The van der Waals surface area contributed by atoms with Crippen molar-refractivity contribution in [3.05, 3.63) is 24.3 Å². The number of carbonyl (C=O) groups excluding carboxylic acids is 2. The van der Waals surface area contributed by atoms with Gasteiger partial charge >= 0.3 is 0 Å². The van der Waals surface area contributed by atoms with E-state index in [0.717, 1.165) is 18.0 Å². The molecule has 0 radical (unpaired) electrons. The van der Waals surface area contributed by atoms with E-state index in [2.05, 4.69) is 9.62 Å². The summed E-state index contributed by atoms with van der Waals surface area (Å²) in [5.74, 6) is -0.515. The van der Waals surface area contributed by atoms with Crippen molar-refractivity contribution in [1.29, 1.82) is 0 Å². The number of sulfonamides is 1. The van der Waals surface area contributed by atoms with Crippen LogP contribution in [-0.2, 0) is 19.6 Å². The van der Waals surface area contributed by atoms with E-state index in [4.69, 9.17) is 0 Å². The van der Waals surface area contributed by atoms with E-state index in [1.807, 2.05) is 20.8 Å². The van der Waals surface area contributed by atoms with Crippen molar-refractivity contribution in [2.45, 2.75) is 44.6 Å². The van der Waals surface area contributed by atoms with Crippen LogP contribution in [0.5, 0.6) is 0 Å². The summed E-state index contributed by atoms with van der Waals surface area (Å²) in [5, 5.41) is 0. The molecule has 1 heterocycles. The maximum atomic E-state index is 12.4. The molecule has 8 heteroatoms. The van der Waals surface area contributed by atoms with Gasteiger partial charge in [0.1, 0.15) is 0 Å². The van der Waals surface area contributed by atoms with Gasteiger partial charge in [0.25, 0.3) is 0 Å². The molecular weight excluding hydrogens is 342 g/mol. The smallest absolute Gasteiger partial charge is 0.240 e. The summed E-state index contributed by atoms with van der Waals surface area (Å²) in [5.41, 5.74) is 0.406. The molecule has 1 saturated heterocycles. The normalized spacial score (nSPS) is 16.7. The quantitative estimate of drug-likeness (QED) is 0.701. The molecule has 7 nitrogen and oxygen atoms in total. The zero-order chi connectivity index (χ0) is 18.6. The third-order valence-corrected chi connectivity index (χ3v) is 5.90. The number of nitrogens with one attached hydrogen (secondary N) is 1. The lowest BCUT2D eigenvalue weighted by Crippen LogP contribution is -2.41. The molecule has 2 amide bonds. The topological polar surface area (TPSA) is 86.8 Å². The number of hydrogen-bond donors (Lipinski definition) is 1. The first-order chi connectivity index (χ1) is 11.8. The van der Waals surface area contributed by atoms with Crippen LogP contribution in [-0.4, -0.2) is 50.8 Å². The summed E-state index contributed by atoms with van der Waals surface area (Å²) in [6, 6.07) is 5.90. The van der Waals surface area contributed by atoms with Crippen LogP contribution < -0.4 is 9.62 Å². The average molecular weight is 367 g/mol. The van der Waals surface area contributed by atoms with E-state index >= 15 is 0 Å². The highest BCUT2D eigenvalue weighted by Crippen LogP contribution is 2.23. The fraction of sp³-hybridized carbons (Fsp3) is 0.529. The summed E-state index contributed by atoms with van der Waals surface area (Å²) in [7, 11) is -3.64. The van der Waals surface area contributed by atoms with Gasteiger partial charge in [0.2, 0.25) is 21.8 Å². The standard InChI is InChI=1S/C17H25N3O4S/c1-4-19(5-2)13(3)12-18-25(23,24)15-8-6-14(7-9-15)20-16(21)10-11-17(20)22/h6-9,13,18H,4-5,10-12H2,1-3H3. The van der Waals surface area contributed by atoms with Crippen molar-refractivity contribution >= 4 is 27.5 Å². The van der Waals surface area contributed by atoms with Gasteiger partial charge in [-0.2, -0.15) is 0 Å². The van der Waals surface area contributed by atoms with Crippen LogP contribution in [0.1, 0.15) is 33.6 Å². The molecule has 2 rings (SSSR count). The second-order valence-corrected chi connectivity index (χ2v) is 7.81. The van der Waals surface area contributed by atoms with Gasteiger partial charge in [-0.05, 0) is 44.3 Å². The molecule has 0 spiro atoms. The predicted molar refractivity (Wildman–Crippen MR) is 95.7 cm³/mol. The van der Waals surface area contributed by atoms with Crippen LogP contribution in [0.3, 0.4) is 0 Å². The van der Waals surface area contributed by atoms with Crippen LogP contribution in [0.25, 0.3) is 0 Å². The fourth-order valence-electron chi connectivity index (χ4n) is 2.93. The number of hydrogen-bond acceptors (Lipinski definition) is 5. The van der Waals surface area contributed by atoms with Gasteiger partial charge in [0.05, 0.1) is 10.6 Å². The van der Waals surface area contributed by atoms with Gasteiger partial charge in [-0.25, -0.2) is 13.1 Å². The Bertz CT molecular complexity index is 711. The monoisotopic (exact) mass is 367 g/mol. The molecule has 138 valence electrons. The Kier molecular flexibility index (Phi) is 6.31. The van der Waals surface area contributed by atoms with E-state index in [-0.39, 0.29) is 35.6 Å². The van der Waals surface area contributed by atoms with E-state index in [0.29, 0.717) is 12.2 Å². The number of benzene rings is 1. The van der Waals surface area contributed by atoms with Crippen molar-refractivity contribution in [3.8, 4) is 0 Å². The minimum atomic E-state index is -3.64. The Hall–Kier alpha value is -1.77. The van der Waals surface area contributed by atoms with Gasteiger partial charge < -0.3 is 0 Å². The molecule has 1 aliphatic rings. The molecule has 0 aromatic heterocycles. The Labute approximate surface area is 149 Å². The molecule has 0 aliphatic carbocycles. The minimum absolute atomic E-state index is 0.0869. The van der Waals surface area contributed by atoms with Gasteiger partial charge in [-0.15, -0.1) is 0 Å². The molecule has 1 aromatic carbocycles. The van der Waals surface area contributed by atoms with Gasteiger partial charge in [-0.3, -0.25) is 19.4 Å². The number of rotatable bonds is 8. The average Bonchev–Trinajstić information content (AvgIpc) is 2.93. The van der Waals surface area contributed by atoms with E-state index in [1.165, 1.54) is 24.3 Å². The van der Waals surface area contributed by atoms with Crippen molar-refractivity contribution in [3.63, 3.8) is 0 Å². The minimum Gasteiger partial charge on any atom is -0.300 e. The third-order valence-electron chi connectivity index (χ3n) is 4.46. The van der Waals surface area contributed by atoms with Gasteiger partial charge in [0.15, 0.2) is 0 Å². The summed E-state index contributed by atoms with van der Waals surface area (Å²) in [4.78, 5) is 26.8. The number of anilines is 1. The van der Waals surface area contributed by atoms with Crippen molar-refractivity contribution in [2.75, 3.05) is 24.5 Å². The molecular formula is C17H25N3O4S. The molecule has 1 fully saturated rings. The zero-order valence-corrected chi connectivity index (χ0v) is 15.7. The van der Waals surface area contributed by atoms with Crippen molar-refractivity contribution < 1.29 is 18.0 Å². The first-order valence-corrected chi connectivity index (χ1v) is 9.98.